The molecule has 0 aliphatic carbocycles. The Bertz CT molecular complexity index is 703. The summed E-state index contributed by atoms with van der Waals surface area (Å²) in [5, 5.41) is 6.65. The number of nitrogens with one attached hydrogen (secondary N) is 2. The summed E-state index contributed by atoms with van der Waals surface area (Å²) in [7, 11) is 3.45. The van der Waals surface area contributed by atoms with Gasteiger partial charge < -0.3 is 24.5 Å². The molecule has 2 rings (SSSR count). The van der Waals surface area contributed by atoms with Crippen LogP contribution in [0.5, 0.6) is 5.75 Å². The standard InChI is InChI=1S/C20H29N3O3.HI/c1-15-9-10-19(26-15)16(2)23-20(21-3)22-14-17-7-5-8-18(13-17)25-12-6-11-24-4;/h5,7-10,13,16H,6,11-12,14H2,1-4H3,(H2,21,22,23);1H. The van der Waals surface area contributed by atoms with Crippen molar-refractivity contribution in [1.82, 2.24) is 10.6 Å². The summed E-state index contributed by atoms with van der Waals surface area (Å²) < 4.78 is 16.4. The number of guanidine groups is 1. The third-order valence-electron chi connectivity index (χ3n) is 3.88. The van der Waals surface area contributed by atoms with E-state index >= 15 is 0 Å². The van der Waals surface area contributed by atoms with Gasteiger partial charge in [0.25, 0.3) is 0 Å². The normalized spacial score (nSPS) is 12.2. The zero-order valence-electron chi connectivity index (χ0n) is 16.5. The highest BCUT2D eigenvalue weighted by molar-refractivity contribution is 14.0. The molecule has 0 saturated heterocycles. The number of rotatable bonds is 9. The number of methoxy groups -OCH3 is 1. The molecule has 7 heteroatoms. The minimum atomic E-state index is 0. The molecular formula is C20H30IN3O3. The van der Waals surface area contributed by atoms with Gasteiger partial charge in [-0.25, -0.2) is 0 Å². The van der Waals surface area contributed by atoms with E-state index < -0.39 is 0 Å². The van der Waals surface area contributed by atoms with Crippen molar-refractivity contribution in [3.63, 3.8) is 0 Å². The quantitative estimate of drug-likeness (QED) is 0.242. The van der Waals surface area contributed by atoms with E-state index in [9.17, 15) is 0 Å². The van der Waals surface area contributed by atoms with Crippen molar-refractivity contribution in [2.75, 3.05) is 27.4 Å². The van der Waals surface area contributed by atoms with Crippen LogP contribution in [0.4, 0.5) is 0 Å². The van der Waals surface area contributed by atoms with Gasteiger partial charge in [-0.2, -0.15) is 0 Å². The highest BCUT2D eigenvalue weighted by Gasteiger charge is 2.11. The van der Waals surface area contributed by atoms with E-state index in [1.54, 1.807) is 14.2 Å². The van der Waals surface area contributed by atoms with Crippen molar-refractivity contribution >= 4 is 29.9 Å². The first-order valence-electron chi connectivity index (χ1n) is 8.86. The molecule has 1 aromatic carbocycles. The molecule has 1 aromatic heterocycles. The Kier molecular flexibility index (Phi) is 10.9. The van der Waals surface area contributed by atoms with Crippen LogP contribution in [0.2, 0.25) is 0 Å². The Labute approximate surface area is 178 Å². The van der Waals surface area contributed by atoms with Crippen LogP contribution in [-0.2, 0) is 11.3 Å². The molecule has 2 N–H and O–H groups in total. The maximum Gasteiger partial charge on any atom is 0.191 e. The second-order valence-electron chi connectivity index (χ2n) is 6.08. The Morgan fingerprint density at radius 2 is 2.04 bits per heavy atom. The molecule has 1 unspecified atom stereocenters. The number of ether oxygens (including phenoxy) is 2. The molecule has 1 atom stereocenters. The van der Waals surface area contributed by atoms with Gasteiger partial charge in [0, 0.05) is 33.7 Å². The minimum Gasteiger partial charge on any atom is -0.493 e. The lowest BCUT2D eigenvalue weighted by atomic mass is 10.2. The molecule has 0 saturated carbocycles. The lowest BCUT2D eigenvalue weighted by molar-refractivity contribution is 0.172. The molecular weight excluding hydrogens is 457 g/mol. The molecule has 0 fully saturated rings. The van der Waals surface area contributed by atoms with E-state index in [1.807, 2.05) is 44.2 Å². The lowest BCUT2D eigenvalue weighted by Crippen LogP contribution is -2.38. The smallest absolute Gasteiger partial charge is 0.191 e. The number of benzene rings is 1. The highest BCUT2D eigenvalue weighted by Crippen LogP contribution is 2.16. The van der Waals surface area contributed by atoms with Gasteiger partial charge in [-0.15, -0.1) is 24.0 Å². The molecule has 0 spiro atoms. The molecule has 0 radical (unpaired) electrons. The van der Waals surface area contributed by atoms with Gasteiger partial charge in [0.2, 0.25) is 0 Å². The number of aliphatic imine (C=N–C) groups is 1. The average molecular weight is 487 g/mol. The predicted molar refractivity (Wildman–Crippen MR) is 119 cm³/mol. The molecule has 150 valence electrons. The second kappa shape index (κ2) is 12.6. The Morgan fingerprint density at radius 1 is 1.22 bits per heavy atom. The number of nitrogens with zero attached hydrogens (tertiary/aromatic N) is 1. The number of halogens is 1. The molecule has 2 aromatic rings. The third kappa shape index (κ3) is 8.21. The van der Waals surface area contributed by atoms with Crippen LogP contribution >= 0.6 is 24.0 Å². The summed E-state index contributed by atoms with van der Waals surface area (Å²) in [4.78, 5) is 4.28. The molecule has 27 heavy (non-hydrogen) atoms. The van der Waals surface area contributed by atoms with Crippen molar-refractivity contribution in [3.05, 3.63) is 53.5 Å². The van der Waals surface area contributed by atoms with Gasteiger partial charge in [0.1, 0.15) is 17.3 Å². The Balaban J connectivity index is 0.00000364. The van der Waals surface area contributed by atoms with Gasteiger partial charge in [0.15, 0.2) is 5.96 Å². The van der Waals surface area contributed by atoms with Crippen molar-refractivity contribution < 1.29 is 13.9 Å². The zero-order valence-corrected chi connectivity index (χ0v) is 18.8. The number of aryl methyl sites for hydroxylation is 1. The fourth-order valence-electron chi connectivity index (χ4n) is 2.48. The van der Waals surface area contributed by atoms with Gasteiger partial charge in [0.05, 0.1) is 12.6 Å². The lowest BCUT2D eigenvalue weighted by Gasteiger charge is -2.16. The summed E-state index contributed by atoms with van der Waals surface area (Å²) >= 11 is 0. The van der Waals surface area contributed by atoms with E-state index in [4.69, 9.17) is 13.9 Å². The predicted octanol–water partition coefficient (Wildman–Crippen LogP) is 4.05. The molecule has 0 aliphatic rings. The van der Waals surface area contributed by atoms with Crippen LogP contribution in [0.3, 0.4) is 0 Å². The van der Waals surface area contributed by atoms with E-state index in [1.165, 1.54) is 0 Å². The van der Waals surface area contributed by atoms with Crippen LogP contribution in [0.15, 0.2) is 45.8 Å². The Morgan fingerprint density at radius 3 is 2.70 bits per heavy atom. The number of furan rings is 1. The maximum absolute atomic E-state index is 5.74. The van der Waals surface area contributed by atoms with Crippen molar-refractivity contribution in [2.24, 2.45) is 4.99 Å². The van der Waals surface area contributed by atoms with Crippen LogP contribution in [0, 0.1) is 6.92 Å². The summed E-state index contributed by atoms with van der Waals surface area (Å²) in [6.07, 6.45) is 0.875. The fourth-order valence-corrected chi connectivity index (χ4v) is 2.48. The van der Waals surface area contributed by atoms with Crippen molar-refractivity contribution in [2.45, 2.75) is 32.9 Å². The Hall–Kier alpha value is -1.74. The molecule has 0 bridgehead atoms. The highest BCUT2D eigenvalue weighted by atomic mass is 127. The van der Waals surface area contributed by atoms with E-state index in [-0.39, 0.29) is 30.0 Å². The summed E-state index contributed by atoms with van der Waals surface area (Å²) in [5.74, 6) is 3.37. The van der Waals surface area contributed by atoms with Gasteiger partial charge >= 0.3 is 0 Å². The molecule has 0 aliphatic heterocycles. The van der Waals surface area contributed by atoms with E-state index in [0.29, 0.717) is 19.8 Å². The zero-order chi connectivity index (χ0) is 18.8. The van der Waals surface area contributed by atoms with Crippen molar-refractivity contribution in [3.8, 4) is 5.75 Å². The molecule has 6 nitrogen and oxygen atoms in total. The summed E-state index contributed by atoms with van der Waals surface area (Å²) in [6.45, 7) is 5.98. The number of hydrogen-bond acceptors (Lipinski definition) is 4. The van der Waals surface area contributed by atoms with Gasteiger partial charge in [-0.1, -0.05) is 12.1 Å². The summed E-state index contributed by atoms with van der Waals surface area (Å²) in [5.41, 5.74) is 1.12. The third-order valence-corrected chi connectivity index (χ3v) is 3.88. The van der Waals surface area contributed by atoms with Crippen molar-refractivity contribution in [1.29, 1.82) is 0 Å². The first-order chi connectivity index (χ1) is 12.6. The molecule has 0 amide bonds. The minimum absolute atomic E-state index is 0. The van der Waals surface area contributed by atoms with Gasteiger partial charge in [-0.3, -0.25) is 4.99 Å². The van der Waals surface area contributed by atoms with Crippen LogP contribution < -0.4 is 15.4 Å². The van der Waals surface area contributed by atoms with E-state index in [2.05, 4.69) is 21.7 Å². The largest absolute Gasteiger partial charge is 0.493 e. The number of hydrogen-bond donors (Lipinski definition) is 2. The first kappa shape index (κ1) is 23.3. The van der Waals surface area contributed by atoms with Crippen LogP contribution in [0.1, 0.15) is 36.5 Å². The maximum atomic E-state index is 5.74. The van der Waals surface area contributed by atoms with E-state index in [0.717, 1.165) is 35.2 Å². The first-order valence-corrected chi connectivity index (χ1v) is 8.86. The monoisotopic (exact) mass is 487 g/mol. The SMILES string of the molecule is CN=C(NCc1cccc(OCCCOC)c1)NC(C)c1ccc(C)o1.I. The van der Waals surface area contributed by atoms with Crippen LogP contribution in [0.25, 0.3) is 0 Å². The topological polar surface area (TPSA) is 68.0 Å². The summed E-state index contributed by atoms with van der Waals surface area (Å²) in [6, 6.07) is 12.0. The van der Waals surface area contributed by atoms with Crippen LogP contribution in [-0.4, -0.2) is 33.3 Å². The fraction of sp³-hybridized carbons (Fsp3) is 0.450. The van der Waals surface area contributed by atoms with Gasteiger partial charge in [-0.05, 0) is 43.7 Å². The molecule has 1 heterocycles. The second-order valence-corrected chi connectivity index (χ2v) is 6.08. The average Bonchev–Trinajstić information content (AvgIpc) is 3.09.